The number of aliphatic hydroxyl groups is 1. The number of benzene rings is 3. The van der Waals surface area contributed by atoms with Crippen molar-refractivity contribution < 1.29 is 24.1 Å². The molecule has 2 aliphatic rings. The first-order valence-electron chi connectivity index (χ1n) is 18.3. The molecule has 0 radical (unpaired) electrons. The highest BCUT2D eigenvalue weighted by atomic mass is 35.5. The van der Waals surface area contributed by atoms with E-state index in [1.807, 2.05) is 24.3 Å². The number of ether oxygens (including phenoxy) is 3. The number of nitriles is 1. The third-order valence-electron chi connectivity index (χ3n) is 9.60. The van der Waals surface area contributed by atoms with Gasteiger partial charge in [-0.3, -0.25) is 9.78 Å². The number of pyridine rings is 1. The van der Waals surface area contributed by atoms with Crippen LogP contribution in [0.1, 0.15) is 79.0 Å². The summed E-state index contributed by atoms with van der Waals surface area (Å²) < 4.78 is 19.2. The molecule has 1 aliphatic carbocycles. The number of carbonyl (C=O) groups is 1. The fourth-order valence-electron chi connectivity index (χ4n) is 6.92. The molecule has 2 heterocycles. The summed E-state index contributed by atoms with van der Waals surface area (Å²) in [6, 6.07) is 20.3. The van der Waals surface area contributed by atoms with E-state index in [0.717, 1.165) is 65.8 Å². The Kier molecular flexibility index (Phi) is 12.5. The molecule has 3 aromatic carbocycles. The SMILES string of the molecule is Cc1c(OCCCNCC(C)(C)O)cccc1-c1cccc2c1CC[C@@H]2Oc1cc(OCc2cncc(C#N)c2)c(CNCC2CCC(=O)N2)cc1Cl. The zero-order valence-electron chi connectivity index (χ0n) is 30.6. The quantitative estimate of drug-likeness (QED) is 0.0870. The maximum absolute atomic E-state index is 11.7. The Morgan fingerprint density at radius 3 is 2.64 bits per heavy atom. The Hall–Kier alpha value is -4.66. The van der Waals surface area contributed by atoms with Gasteiger partial charge in [-0.25, -0.2) is 0 Å². The molecule has 1 fully saturated rings. The van der Waals surface area contributed by atoms with Gasteiger partial charge < -0.3 is 35.3 Å². The molecule has 0 spiro atoms. The van der Waals surface area contributed by atoms with Gasteiger partial charge >= 0.3 is 0 Å². The first-order chi connectivity index (χ1) is 25.6. The number of aromatic nitrogens is 1. The van der Waals surface area contributed by atoms with Crippen molar-refractivity contribution in [2.24, 2.45) is 0 Å². The second-order valence-corrected chi connectivity index (χ2v) is 14.9. The van der Waals surface area contributed by atoms with Gasteiger partial charge in [0, 0.05) is 61.7 Å². The minimum atomic E-state index is -0.736. The lowest BCUT2D eigenvalue weighted by Gasteiger charge is -2.20. The Morgan fingerprint density at radius 1 is 1.02 bits per heavy atom. The molecule has 1 amide bonds. The zero-order valence-corrected chi connectivity index (χ0v) is 31.4. The van der Waals surface area contributed by atoms with Gasteiger partial charge in [-0.1, -0.05) is 41.9 Å². The fraction of sp³-hybridized carbons (Fsp3) is 0.405. The molecule has 10 nitrogen and oxygen atoms in total. The Morgan fingerprint density at radius 2 is 1.85 bits per heavy atom. The lowest BCUT2D eigenvalue weighted by molar-refractivity contribution is -0.119. The van der Waals surface area contributed by atoms with Crippen LogP contribution in [0, 0.1) is 18.3 Å². The van der Waals surface area contributed by atoms with Crippen molar-refractivity contribution in [1.29, 1.82) is 5.26 Å². The predicted molar refractivity (Wildman–Crippen MR) is 205 cm³/mol. The number of nitrogens with zero attached hydrogens (tertiary/aromatic N) is 2. The molecule has 11 heteroatoms. The zero-order chi connectivity index (χ0) is 37.4. The monoisotopic (exact) mass is 737 g/mol. The highest BCUT2D eigenvalue weighted by Crippen LogP contribution is 2.44. The number of rotatable bonds is 17. The van der Waals surface area contributed by atoms with Gasteiger partial charge in [0.15, 0.2) is 0 Å². The predicted octanol–water partition coefficient (Wildman–Crippen LogP) is 6.73. The van der Waals surface area contributed by atoms with Gasteiger partial charge in [0.1, 0.15) is 36.0 Å². The molecule has 1 aliphatic heterocycles. The third-order valence-corrected chi connectivity index (χ3v) is 9.89. The van der Waals surface area contributed by atoms with Crippen molar-refractivity contribution in [3.8, 4) is 34.4 Å². The van der Waals surface area contributed by atoms with Crippen molar-refractivity contribution >= 4 is 17.5 Å². The van der Waals surface area contributed by atoms with Crippen LogP contribution in [0.4, 0.5) is 0 Å². The molecule has 1 saturated heterocycles. The van der Waals surface area contributed by atoms with Gasteiger partial charge in [-0.15, -0.1) is 0 Å². The Balaban J connectivity index is 1.17. The van der Waals surface area contributed by atoms with Gasteiger partial charge in [0.2, 0.25) is 5.91 Å². The van der Waals surface area contributed by atoms with E-state index in [-0.39, 0.29) is 24.7 Å². The summed E-state index contributed by atoms with van der Waals surface area (Å²) in [6.07, 6.45) is 6.85. The molecule has 278 valence electrons. The van der Waals surface area contributed by atoms with E-state index in [1.165, 1.54) is 17.3 Å². The van der Waals surface area contributed by atoms with Crippen molar-refractivity contribution in [2.45, 2.75) is 83.8 Å². The number of hydrogen-bond acceptors (Lipinski definition) is 9. The van der Waals surface area contributed by atoms with Crippen molar-refractivity contribution in [3.05, 3.63) is 105 Å². The standard InChI is InChI=1S/C42H48ClN5O5/c1-27-32(7-5-10-37(27)51-16-6-15-45-26-42(2,3)50)33-8-4-9-35-34(33)12-13-38(35)53-40-19-39(52-25-29-17-28(20-44)21-46-22-29)30(18-36(40)43)23-47-24-31-11-14-41(49)48-31/h4-5,7-10,17-19,21-22,31,38,45,47,50H,6,11-16,23-26H2,1-3H3,(H,48,49)/t31?,38-/m0/s1. The first kappa shape index (κ1) is 38.1. The summed E-state index contributed by atoms with van der Waals surface area (Å²) in [5, 5.41) is 29.4. The minimum absolute atomic E-state index is 0.0799. The number of nitrogens with one attached hydrogen (secondary N) is 3. The summed E-state index contributed by atoms with van der Waals surface area (Å²) >= 11 is 6.90. The molecule has 1 aromatic heterocycles. The Labute approximate surface area is 316 Å². The first-order valence-corrected chi connectivity index (χ1v) is 18.7. The van der Waals surface area contributed by atoms with E-state index >= 15 is 0 Å². The van der Waals surface area contributed by atoms with Crippen LogP contribution < -0.4 is 30.2 Å². The van der Waals surface area contributed by atoms with E-state index in [0.29, 0.717) is 54.7 Å². The topological polar surface area (TPSA) is 138 Å². The smallest absolute Gasteiger partial charge is 0.220 e. The number of amides is 1. The van der Waals surface area contributed by atoms with Crippen molar-refractivity contribution in [3.63, 3.8) is 0 Å². The fourth-order valence-corrected chi connectivity index (χ4v) is 7.15. The summed E-state index contributed by atoms with van der Waals surface area (Å²) in [4.78, 5) is 15.9. The van der Waals surface area contributed by atoms with Gasteiger partial charge in [0.25, 0.3) is 0 Å². The Bertz CT molecular complexity index is 1960. The molecule has 0 bridgehead atoms. The van der Waals surface area contributed by atoms with Crippen molar-refractivity contribution in [1.82, 2.24) is 20.9 Å². The molecule has 53 heavy (non-hydrogen) atoms. The summed E-state index contributed by atoms with van der Waals surface area (Å²) in [5.41, 5.74) is 7.15. The van der Waals surface area contributed by atoms with E-state index < -0.39 is 5.60 Å². The van der Waals surface area contributed by atoms with Crippen LogP contribution in [-0.4, -0.2) is 53.9 Å². The lowest BCUT2D eigenvalue weighted by atomic mass is 9.93. The van der Waals surface area contributed by atoms with Crippen LogP contribution >= 0.6 is 11.6 Å². The number of carbonyl (C=O) groups excluding carboxylic acids is 1. The molecule has 4 aromatic rings. The average molecular weight is 738 g/mol. The highest BCUT2D eigenvalue weighted by molar-refractivity contribution is 6.32. The maximum atomic E-state index is 11.7. The van der Waals surface area contributed by atoms with Crippen LogP contribution in [-0.2, 0) is 24.4 Å². The molecular weight excluding hydrogens is 690 g/mol. The summed E-state index contributed by atoms with van der Waals surface area (Å²) in [5.74, 6) is 2.09. The van der Waals surface area contributed by atoms with Gasteiger partial charge in [0.05, 0.1) is 22.8 Å². The van der Waals surface area contributed by atoms with Crippen LogP contribution in [0.2, 0.25) is 5.02 Å². The second kappa shape index (κ2) is 17.4. The van der Waals surface area contributed by atoms with E-state index in [1.54, 1.807) is 26.1 Å². The molecule has 6 rings (SSSR count). The lowest BCUT2D eigenvalue weighted by Crippen LogP contribution is -2.35. The van der Waals surface area contributed by atoms with Crippen LogP contribution in [0.15, 0.2) is 67.0 Å². The normalized spacial score (nSPS) is 16.6. The summed E-state index contributed by atoms with van der Waals surface area (Å²) in [7, 11) is 0. The van der Waals surface area contributed by atoms with Gasteiger partial charge in [-0.2, -0.15) is 5.26 Å². The molecule has 2 atom stereocenters. The average Bonchev–Trinajstić information content (AvgIpc) is 3.75. The number of hydrogen-bond donors (Lipinski definition) is 4. The molecule has 0 saturated carbocycles. The summed E-state index contributed by atoms with van der Waals surface area (Å²) in [6.45, 7) is 8.90. The molecule has 1 unspecified atom stereocenters. The third kappa shape index (κ3) is 10.1. The minimum Gasteiger partial charge on any atom is -0.493 e. The van der Waals surface area contributed by atoms with Crippen molar-refractivity contribution in [2.75, 3.05) is 26.2 Å². The van der Waals surface area contributed by atoms with Crippen LogP contribution in [0.25, 0.3) is 11.1 Å². The molecular formula is C42H48ClN5O5. The maximum Gasteiger partial charge on any atom is 0.220 e. The largest absolute Gasteiger partial charge is 0.493 e. The van der Waals surface area contributed by atoms with Gasteiger partial charge in [-0.05, 0) is 99.0 Å². The van der Waals surface area contributed by atoms with E-state index in [9.17, 15) is 15.2 Å². The second-order valence-electron chi connectivity index (χ2n) is 14.4. The highest BCUT2D eigenvalue weighted by Gasteiger charge is 2.28. The number of halogens is 1. The molecule has 4 N–H and O–H groups in total. The van der Waals surface area contributed by atoms with E-state index in [4.69, 9.17) is 25.8 Å². The van der Waals surface area contributed by atoms with E-state index in [2.05, 4.69) is 58.2 Å². The van der Waals surface area contributed by atoms with Crippen LogP contribution in [0.3, 0.4) is 0 Å². The van der Waals surface area contributed by atoms with Crippen LogP contribution in [0.5, 0.6) is 17.2 Å². The number of fused-ring (bicyclic) bond motifs is 1.